The molecule has 1 N–H and O–H groups in total. The largest absolute Gasteiger partial charge is 0.338 e. The summed E-state index contributed by atoms with van der Waals surface area (Å²) >= 11 is 0. The standard InChI is InChI=1S/C10H20N2O/c1-8(7-11-4)12-6-5-10(2,3)9(12)13/h8,11H,5-7H2,1-4H3. The van der Waals surface area contributed by atoms with E-state index in [1.54, 1.807) is 0 Å². The third kappa shape index (κ3) is 2.02. The van der Waals surface area contributed by atoms with Crippen molar-refractivity contribution in [1.82, 2.24) is 10.2 Å². The van der Waals surface area contributed by atoms with Crippen LogP contribution in [-0.4, -0.2) is 37.0 Å². The lowest BCUT2D eigenvalue weighted by Gasteiger charge is -2.26. The Hall–Kier alpha value is -0.570. The molecule has 1 unspecified atom stereocenters. The number of nitrogens with one attached hydrogen (secondary N) is 1. The van der Waals surface area contributed by atoms with Crippen LogP contribution in [-0.2, 0) is 4.79 Å². The summed E-state index contributed by atoms with van der Waals surface area (Å²) < 4.78 is 0. The van der Waals surface area contributed by atoms with Gasteiger partial charge in [-0.1, -0.05) is 13.8 Å². The van der Waals surface area contributed by atoms with Crippen LogP contribution >= 0.6 is 0 Å². The molecule has 0 saturated carbocycles. The molecule has 0 aromatic rings. The highest BCUT2D eigenvalue weighted by molar-refractivity contribution is 5.84. The molecular formula is C10H20N2O. The summed E-state index contributed by atoms with van der Waals surface area (Å²) in [5.41, 5.74) is -0.137. The first-order valence-corrected chi connectivity index (χ1v) is 4.94. The third-order valence-corrected chi connectivity index (χ3v) is 2.85. The fourth-order valence-corrected chi connectivity index (χ4v) is 1.82. The number of nitrogens with zero attached hydrogens (tertiary/aromatic N) is 1. The van der Waals surface area contributed by atoms with E-state index in [4.69, 9.17) is 0 Å². The lowest BCUT2D eigenvalue weighted by Crippen LogP contribution is -2.42. The van der Waals surface area contributed by atoms with Gasteiger partial charge in [-0.3, -0.25) is 4.79 Å². The Balaban J connectivity index is 2.59. The van der Waals surface area contributed by atoms with Crippen molar-refractivity contribution in [3.05, 3.63) is 0 Å². The summed E-state index contributed by atoms with van der Waals surface area (Å²) in [6.07, 6.45) is 0.986. The lowest BCUT2D eigenvalue weighted by molar-refractivity contribution is -0.136. The first-order valence-electron chi connectivity index (χ1n) is 4.94. The van der Waals surface area contributed by atoms with Crippen LogP contribution in [0.3, 0.4) is 0 Å². The lowest BCUT2D eigenvalue weighted by atomic mass is 9.92. The van der Waals surface area contributed by atoms with Crippen molar-refractivity contribution < 1.29 is 4.79 Å². The molecule has 0 aromatic heterocycles. The summed E-state index contributed by atoms with van der Waals surface area (Å²) in [5, 5.41) is 3.10. The van der Waals surface area contributed by atoms with E-state index in [9.17, 15) is 4.79 Å². The number of carbonyl (C=O) groups excluding carboxylic acids is 1. The third-order valence-electron chi connectivity index (χ3n) is 2.85. The molecule has 0 aromatic carbocycles. The first-order chi connectivity index (χ1) is 5.99. The molecule has 0 spiro atoms. The van der Waals surface area contributed by atoms with E-state index in [1.807, 2.05) is 25.8 Å². The van der Waals surface area contributed by atoms with Crippen LogP contribution in [0.4, 0.5) is 0 Å². The van der Waals surface area contributed by atoms with Gasteiger partial charge in [-0.25, -0.2) is 0 Å². The van der Waals surface area contributed by atoms with E-state index in [1.165, 1.54) is 0 Å². The molecule has 76 valence electrons. The Morgan fingerprint density at radius 2 is 2.23 bits per heavy atom. The average Bonchev–Trinajstić information content (AvgIpc) is 2.28. The van der Waals surface area contributed by atoms with Gasteiger partial charge in [0.25, 0.3) is 0 Å². The maximum atomic E-state index is 11.8. The zero-order valence-corrected chi connectivity index (χ0v) is 9.05. The molecule has 1 aliphatic rings. The van der Waals surface area contributed by atoms with Crippen LogP contribution in [0.15, 0.2) is 0 Å². The Morgan fingerprint density at radius 3 is 2.62 bits per heavy atom. The molecule has 0 aliphatic carbocycles. The SMILES string of the molecule is CNCC(C)N1CCC(C)(C)C1=O. The average molecular weight is 184 g/mol. The number of likely N-dealkylation sites (tertiary alicyclic amines) is 1. The van der Waals surface area contributed by atoms with E-state index in [0.29, 0.717) is 11.9 Å². The molecule has 1 rings (SSSR count). The van der Waals surface area contributed by atoms with Crippen molar-refractivity contribution in [3.63, 3.8) is 0 Å². The second kappa shape index (κ2) is 3.66. The van der Waals surface area contributed by atoms with E-state index in [2.05, 4.69) is 12.2 Å². The maximum absolute atomic E-state index is 11.8. The smallest absolute Gasteiger partial charge is 0.228 e. The molecule has 3 heteroatoms. The second-order valence-corrected chi connectivity index (χ2v) is 4.54. The summed E-state index contributed by atoms with van der Waals surface area (Å²) in [6, 6.07) is 0.319. The Labute approximate surface area is 80.5 Å². The zero-order chi connectivity index (χ0) is 10.1. The minimum absolute atomic E-state index is 0.137. The molecule has 0 bridgehead atoms. The normalized spacial score (nSPS) is 23.7. The molecule has 1 heterocycles. The molecule has 1 atom stereocenters. The van der Waals surface area contributed by atoms with Crippen LogP contribution < -0.4 is 5.32 Å². The molecular weight excluding hydrogens is 164 g/mol. The van der Waals surface area contributed by atoms with E-state index in [-0.39, 0.29) is 5.41 Å². The van der Waals surface area contributed by atoms with Gasteiger partial charge in [-0.2, -0.15) is 0 Å². The topological polar surface area (TPSA) is 32.3 Å². The maximum Gasteiger partial charge on any atom is 0.228 e. The van der Waals surface area contributed by atoms with E-state index >= 15 is 0 Å². The van der Waals surface area contributed by atoms with Crippen LogP contribution in [0.5, 0.6) is 0 Å². The second-order valence-electron chi connectivity index (χ2n) is 4.54. The predicted molar refractivity (Wildman–Crippen MR) is 53.5 cm³/mol. The summed E-state index contributed by atoms with van der Waals surface area (Å²) in [4.78, 5) is 13.8. The molecule has 0 radical (unpaired) electrons. The molecule has 1 aliphatic heterocycles. The fourth-order valence-electron chi connectivity index (χ4n) is 1.82. The van der Waals surface area contributed by atoms with Crippen LogP contribution in [0.2, 0.25) is 0 Å². The van der Waals surface area contributed by atoms with Gasteiger partial charge in [-0.15, -0.1) is 0 Å². The highest BCUT2D eigenvalue weighted by Gasteiger charge is 2.40. The number of rotatable bonds is 3. The van der Waals surface area contributed by atoms with Crippen LogP contribution in [0.1, 0.15) is 27.2 Å². The highest BCUT2D eigenvalue weighted by atomic mass is 16.2. The number of carbonyl (C=O) groups is 1. The van der Waals surface area contributed by atoms with Crippen molar-refractivity contribution in [1.29, 1.82) is 0 Å². The van der Waals surface area contributed by atoms with E-state index < -0.39 is 0 Å². The van der Waals surface area contributed by atoms with Crippen LogP contribution in [0.25, 0.3) is 0 Å². The molecule has 3 nitrogen and oxygen atoms in total. The van der Waals surface area contributed by atoms with Gasteiger partial charge in [-0.05, 0) is 20.4 Å². The van der Waals surface area contributed by atoms with Gasteiger partial charge in [0.15, 0.2) is 0 Å². The quantitative estimate of drug-likeness (QED) is 0.705. The molecule has 1 saturated heterocycles. The van der Waals surface area contributed by atoms with Crippen molar-refractivity contribution >= 4 is 5.91 Å². The number of amides is 1. The summed E-state index contributed by atoms with van der Waals surface area (Å²) in [6.45, 7) is 7.94. The number of hydrogen-bond acceptors (Lipinski definition) is 2. The monoisotopic (exact) mass is 184 g/mol. The van der Waals surface area contributed by atoms with Gasteiger partial charge in [0.1, 0.15) is 0 Å². The van der Waals surface area contributed by atoms with Gasteiger partial charge in [0.05, 0.1) is 0 Å². The fraction of sp³-hybridized carbons (Fsp3) is 0.900. The van der Waals surface area contributed by atoms with Crippen molar-refractivity contribution in [2.75, 3.05) is 20.1 Å². The first kappa shape index (κ1) is 10.5. The van der Waals surface area contributed by atoms with E-state index in [0.717, 1.165) is 19.5 Å². The van der Waals surface area contributed by atoms with Crippen molar-refractivity contribution in [2.45, 2.75) is 33.2 Å². The number of hydrogen-bond donors (Lipinski definition) is 1. The summed E-state index contributed by atoms with van der Waals surface area (Å²) in [7, 11) is 1.92. The summed E-state index contributed by atoms with van der Waals surface area (Å²) in [5.74, 6) is 0.301. The van der Waals surface area contributed by atoms with Gasteiger partial charge < -0.3 is 10.2 Å². The predicted octanol–water partition coefficient (Wildman–Crippen LogP) is 0.853. The zero-order valence-electron chi connectivity index (χ0n) is 9.05. The van der Waals surface area contributed by atoms with Gasteiger partial charge >= 0.3 is 0 Å². The Morgan fingerprint density at radius 1 is 1.62 bits per heavy atom. The Kier molecular flexibility index (Phi) is 2.96. The number of likely N-dealkylation sites (N-methyl/N-ethyl adjacent to an activating group) is 1. The molecule has 1 fully saturated rings. The minimum atomic E-state index is -0.137. The molecule has 1 amide bonds. The Bertz CT molecular complexity index is 201. The van der Waals surface area contributed by atoms with Gasteiger partial charge in [0.2, 0.25) is 5.91 Å². The van der Waals surface area contributed by atoms with Crippen molar-refractivity contribution in [2.24, 2.45) is 5.41 Å². The van der Waals surface area contributed by atoms with Gasteiger partial charge in [0, 0.05) is 24.5 Å². The van der Waals surface area contributed by atoms with Crippen LogP contribution in [0, 0.1) is 5.41 Å². The minimum Gasteiger partial charge on any atom is -0.338 e. The molecule has 13 heavy (non-hydrogen) atoms. The van der Waals surface area contributed by atoms with Crippen molar-refractivity contribution in [3.8, 4) is 0 Å². The highest BCUT2D eigenvalue weighted by Crippen LogP contribution is 2.31.